The number of anilines is 1. The fraction of sp³-hybridized carbons (Fsp3) is 0. The summed E-state index contributed by atoms with van der Waals surface area (Å²) in [5.41, 5.74) is 0.244. The van der Waals surface area contributed by atoms with Gasteiger partial charge in [-0.25, -0.2) is 4.90 Å². The predicted octanol–water partition coefficient (Wildman–Crippen LogP) is 3.00. The first-order chi connectivity index (χ1) is 10.0. The largest absolute Gasteiger partial charge is 0.294 e. The van der Waals surface area contributed by atoms with Crippen molar-refractivity contribution in [3.05, 3.63) is 67.3 Å². The van der Waals surface area contributed by atoms with Crippen molar-refractivity contribution < 1.29 is 14.5 Å². The van der Waals surface area contributed by atoms with Crippen molar-refractivity contribution in [3.8, 4) is 0 Å². The van der Waals surface area contributed by atoms with Crippen LogP contribution in [0.5, 0.6) is 0 Å². The van der Waals surface area contributed by atoms with Gasteiger partial charge in [0.2, 0.25) is 0 Å². The van der Waals surface area contributed by atoms with Gasteiger partial charge in [-0.05, 0) is 46.9 Å². The van der Waals surface area contributed by atoms with Crippen LogP contribution in [0.4, 0.5) is 11.4 Å². The van der Waals surface area contributed by atoms with E-state index < -0.39 is 16.7 Å². The molecule has 0 bridgehead atoms. The van der Waals surface area contributed by atoms with E-state index in [2.05, 4.69) is 0 Å². The van der Waals surface area contributed by atoms with E-state index in [-0.39, 0.29) is 22.5 Å². The summed E-state index contributed by atoms with van der Waals surface area (Å²) in [6.45, 7) is 0. The highest BCUT2D eigenvalue weighted by Gasteiger charge is 2.39. The van der Waals surface area contributed by atoms with Crippen molar-refractivity contribution in [2.24, 2.45) is 0 Å². The summed E-state index contributed by atoms with van der Waals surface area (Å²) >= 11 is 1.94. The van der Waals surface area contributed by atoms with Crippen LogP contribution in [0.2, 0.25) is 0 Å². The number of fused-ring (bicyclic) bond motifs is 1. The number of imide groups is 1. The third-order valence-corrected chi connectivity index (χ3v) is 3.84. The SMILES string of the molecule is O=C1c2ccccc2C(=O)N1c1ccc(I)cc1[N+](=O)[O-]. The first kappa shape index (κ1) is 13.7. The van der Waals surface area contributed by atoms with Gasteiger partial charge in [-0.2, -0.15) is 0 Å². The molecule has 0 atom stereocenters. The van der Waals surface area contributed by atoms with Crippen molar-refractivity contribution >= 4 is 45.8 Å². The average Bonchev–Trinajstić information content (AvgIpc) is 2.72. The number of nitro groups is 1. The molecule has 0 N–H and O–H groups in total. The van der Waals surface area contributed by atoms with Gasteiger partial charge in [-0.15, -0.1) is 0 Å². The quantitative estimate of drug-likeness (QED) is 0.340. The summed E-state index contributed by atoms with van der Waals surface area (Å²) < 4.78 is 0.652. The summed E-state index contributed by atoms with van der Waals surface area (Å²) in [6.07, 6.45) is 0. The molecular formula is C14H7IN2O4. The van der Waals surface area contributed by atoms with Crippen molar-refractivity contribution in [2.45, 2.75) is 0 Å². The molecule has 1 aliphatic rings. The maximum absolute atomic E-state index is 12.3. The van der Waals surface area contributed by atoms with E-state index in [1.165, 1.54) is 24.3 Å². The second-order valence-electron chi connectivity index (χ2n) is 4.38. The fourth-order valence-electron chi connectivity index (χ4n) is 2.24. The lowest BCUT2D eigenvalue weighted by Crippen LogP contribution is -2.30. The fourth-order valence-corrected chi connectivity index (χ4v) is 2.71. The number of halogens is 1. The van der Waals surface area contributed by atoms with Gasteiger partial charge >= 0.3 is 0 Å². The van der Waals surface area contributed by atoms with Crippen molar-refractivity contribution in [1.82, 2.24) is 0 Å². The summed E-state index contributed by atoms with van der Waals surface area (Å²) in [7, 11) is 0. The first-order valence-corrected chi connectivity index (χ1v) is 7.00. The summed E-state index contributed by atoms with van der Waals surface area (Å²) in [5.74, 6) is -1.08. The Morgan fingerprint density at radius 3 is 2.10 bits per heavy atom. The van der Waals surface area contributed by atoms with E-state index in [0.29, 0.717) is 3.57 Å². The Balaban J connectivity index is 2.18. The average molecular weight is 394 g/mol. The number of nitro benzene ring substituents is 1. The van der Waals surface area contributed by atoms with Crippen LogP contribution in [-0.2, 0) is 0 Å². The van der Waals surface area contributed by atoms with E-state index in [0.717, 1.165) is 4.90 Å². The Kier molecular flexibility index (Phi) is 3.20. The molecule has 0 aliphatic carbocycles. The topological polar surface area (TPSA) is 80.5 Å². The third kappa shape index (κ3) is 2.09. The first-order valence-electron chi connectivity index (χ1n) is 5.92. The molecule has 2 amide bonds. The van der Waals surface area contributed by atoms with Crippen LogP contribution in [0.1, 0.15) is 20.7 Å². The third-order valence-electron chi connectivity index (χ3n) is 3.17. The van der Waals surface area contributed by atoms with E-state index >= 15 is 0 Å². The Labute approximate surface area is 132 Å². The van der Waals surface area contributed by atoms with Gasteiger partial charge in [0.15, 0.2) is 0 Å². The second-order valence-corrected chi connectivity index (χ2v) is 5.63. The number of amides is 2. The Morgan fingerprint density at radius 2 is 1.57 bits per heavy atom. The molecule has 1 aliphatic heterocycles. The van der Waals surface area contributed by atoms with E-state index in [1.807, 2.05) is 22.6 Å². The highest BCUT2D eigenvalue weighted by molar-refractivity contribution is 14.1. The maximum atomic E-state index is 12.3. The van der Waals surface area contributed by atoms with Gasteiger partial charge in [0.05, 0.1) is 16.1 Å². The normalized spacial score (nSPS) is 13.5. The Bertz CT molecular complexity index is 768. The molecule has 0 unspecified atom stereocenters. The van der Waals surface area contributed by atoms with Crippen LogP contribution >= 0.6 is 22.6 Å². The molecule has 0 radical (unpaired) electrons. The molecule has 2 aromatic carbocycles. The standard InChI is InChI=1S/C14H7IN2O4/c15-8-5-6-11(12(7-8)17(20)21)16-13(18)9-3-1-2-4-10(9)14(16)19/h1-7H. The van der Waals surface area contributed by atoms with Crippen molar-refractivity contribution in [1.29, 1.82) is 0 Å². The van der Waals surface area contributed by atoms with Gasteiger partial charge in [0, 0.05) is 9.64 Å². The minimum Gasteiger partial charge on any atom is -0.268 e. The zero-order valence-electron chi connectivity index (χ0n) is 10.4. The van der Waals surface area contributed by atoms with Crippen LogP contribution in [0, 0.1) is 13.7 Å². The highest BCUT2D eigenvalue weighted by atomic mass is 127. The molecule has 104 valence electrons. The minimum absolute atomic E-state index is 0.00776. The highest BCUT2D eigenvalue weighted by Crippen LogP contribution is 2.35. The lowest BCUT2D eigenvalue weighted by atomic mass is 10.1. The summed E-state index contributed by atoms with van der Waals surface area (Å²) in [5, 5.41) is 11.2. The minimum atomic E-state index is -0.596. The van der Waals surface area contributed by atoms with Crippen LogP contribution in [0.3, 0.4) is 0 Å². The van der Waals surface area contributed by atoms with Gasteiger partial charge in [0.25, 0.3) is 17.5 Å². The Morgan fingerprint density at radius 1 is 1.00 bits per heavy atom. The summed E-state index contributed by atoms with van der Waals surface area (Å²) in [4.78, 5) is 36.1. The molecule has 0 spiro atoms. The van der Waals surface area contributed by atoms with Crippen LogP contribution in [-0.4, -0.2) is 16.7 Å². The van der Waals surface area contributed by atoms with E-state index in [1.54, 1.807) is 18.2 Å². The zero-order chi connectivity index (χ0) is 15.1. The molecular weight excluding hydrogens is 387 g/mol. The second kappa shape index (κ2) is 4.92. The lowest BCUT2D eigenvalue weighted by Gasteiger charge is -2.14. The van der Waals surface area contributed by atoms with Crippen LogP contribution < -0.4 is 4.90 Å². The van der Waals surface area contributed by atoms with Crippen LogP contribution in [0.25, 0.3) is 0 Å². The molecule has 0 fully saturated rings. The molecule has 21 heavy (non-hydrogen) atoms. The molecule has 0 aromatic heterocycles. The number of carbonyl (C=O) groups is 2. The molecule has 0 saturated carbocycles. The number of rotatable bonds is 2. The lowest BCUT2D eigenvalue weighted by molar-refractivity contribution is -0.384. The number of benzene rings is 2. The van der Waals surface area contributed by atoms with Gasteiger partial charge in [-0.3, -0.25) is 19.7 Å². The number of carbonyl (C=O) groups excluding carboxylic acids is 2. The molecule has 6 nitrogen and oxygen atoms in total. The smallest absolute Gasteiger partial charge is 0.268 e. The molecule has 2 aromatic rings. The zero-order valence-corrected chi connectivity index (χ0v) is 12.6. The van der Waals surface area contributed by atoms with E-state index in [4.69, 9.17) is 0 Å². The van der Waals surface area contributed by atoms with Gasteiger partial charge in [0.1, 0.15) is 5.69 Å². The van der Waals surface area contributed by atoms with Crippen molar-refractivity contribution in [2.75, 3.05) is 4.90 Å². The Hall–Kier alpha value is -2.29. The molecule has 1 heterocycles. The molecule has 3 rings (SSSR count). The maximum Gasteiger partial charge on any atom is 0.294 e. The number of hydrogen-bond donors (Lipinski definition) is 0. The molecule has 7 heteroatoms. The van der Waals surface area contributed by atoms with Crippen molar-refractivity contribution in [3.63, 3.8) is 0 Å². The molecule has 0 saturated heterocycles. The summed E-state index contributed by atoms with van der Waals surface area (Å²) in [6, 6.07) is 10.7. The van der Waals surface area contributed by atoms with E-state index in [9.17, 15) is 19.7 Å². The van der Waals surface area contributed by atoms with Crippen LogP contribution in [0.15, 0.2) is 42.5 Å². The van der Waals surface area contributed by atoms with Gasteiger partial charge in [-0.1, -0.05) is 12.1 Å². The number of hydrogen-bond acceptors (Lipinski definition) is 4. The predicted molar refractivity (Wildman–Crippen MR) is 83.4 cm³/mol. The number of nitrogens with zero attached hydrogens (tertiary/aromatic N) is 2. The monoisotopic (exact) mass is 394 g/mol. The van der Waals surface area contributed by atoms with Gasteiger partial charge < -0.3 is 0 Å².